The maximum absolute atomic E-state index is 14.7. The van der Waals surface area contributed by atoms with Gasteiger partial charge in [0, 0.05) is 12.3 Å². The molecule has 280 valence electrons. The number of nitrogens with one attached hydrogen (secondary N) is 3. The number of sulfonamides is 1. The Bertz CT molecular complexity index is 2110. The highest BCUT2D eigenvalue weighted by Crippen LogP contribution is 2.46. The Morgan fingerprint density at radius 3 is 2.55 bits per heavy atom. The molecule has 0 bridgehead atoms. The summed E-state index contributed by atoms with van der Waals surface area (Å²) in [6.45, 7) is 1.48. The van der Waals surface area contributed by atoms with Crippen LogP contribution >= 0.6 is 0 Å². The van der Waals surface area contributed by atoms with Crippen LogP contribution in [0.1, 0.15) is 73.8 Å². The van der Waals surface area contributed by atoms with Gasteiger partial charge < -0.3 is 20.3 Å². The number of fused-ring (bicyclic) bond motifs is 3. The zero-order chi connectivity index (χ0) is 37.5. The van der Waals surface area contributed by atoms with Crippen molar-refractivity contribution in [2.45, 2.75) is 93.7 Å². The second-order valence-corrected chi connectivity index (χ2v) is 16.2. The number of carbonyl (C=O) groups excluding carboxylic acids is 4. The van der Waals surface area contributed by atoms with Crippen LogP contribution in [0.4, 0.5) is 8.78 Å². The lowest BCUT2D eigenvalue weighted by Crippen LogP contribution is -2.58. The molecular weight excluding hydrogens is 711 g/mol. The first-order valence-electron chi connectivity index (χ1n) is 17.9. The number of nitrogens with zero attached hydrogens (tertiary/aromatic N) is 3. The number of hydrogen-bond acceptors (Lipinski definition) is 9. The van der Waals surface area contributed by atoms with Crippen molar-refractivity contribution in [2.24, 2.45) is 5.92 Å². The van der Waals surface area contributed by atoms with Crippen molar-refractivity contribution >= 4 is 44.7 Å². The number of amides is 4. The van der Waals surface area contributed by atoms with E-state index in [-0.39, 0.29) is 42.8 Å². The van der Waals surface area contributed by atoms with Crippen LogP contribution in [0.2, 0.25) is 0 Å². The number of allylic oxidation sites excluding steroid dienone is 1. The number of aromatic nitrogens is 2. The molecule has 53 heavy (non-hydrogen) atoms. The SMILES string of the molecule is Cc1nc2cccc(F)c2nc1O[C@@H]1C[C@H]2C(=O)N[C@]3(C(=O)NS(=O)(=O)C4CC4)C[C@H]3/C=C\CCCCC[C@H](NC(=O)c3ccccc3F)C(=O)N2C1. The van der Waals surface area contributed by atoms with Gasteiger partial charge in [-0.2, -0.15) is 0 Å². The number of rotatable bonds is 7. The molecule has 13 nitrogen and oxygen atoms in total. The highest BCUT2D eigenvalue weighted by Gasteiger charge is 2.62. The van der Waals surface area contributed by atoms with Crippen LogP contribution in [-0.4, -0.2) is 82.4 Å². The lowest BCUT2D eigenvalue weighted by molar-refractivity contribution is -0.141. The minimum atomic E-state index is -3.93. The largest absolute Gasteiger partial charge is 0.471 e. The molecule has 2 saturated carbocycles. The quantitative estimate of drug-likeness (QED) is 0.306. The molecule has 7 rings (SSSR count). The first kappa shape index (κ1) is 36.4. The number of carbonyl (C=O) groups is 4. The molecule has 0 spiro atoms. The summed E-state index contributed by atoms with van der Waals surface area (Å²) in [6.07, 6.45) is 6.56. The van der Waals surface area contributed by atoms with Crippen molar-refractivity contribution in [3.63, 3.8) is 0 Å². The zero-order valence-corrected chi connectivity index (χ0v) is 29.8. The average Bonchev–Trinajstić information content (AvgIpc) is 4.04. The lowest BCUT2D eigenvalue weighted by Gasteiger charge is -2.30. The first-order chi connectivity index (χ1) is 25.4. The minimum Gasteiger partial charge on any atom is -0.471 e. The van der Waals surface area contributed by atoms with Crippen LogP contribution in [-0.2, 0) is 24.4 Å². The van der Waals surface area contributed by atoms with E-state index in [1.54, 1.807) is 13.0 Å². The summed E-state index contributed by atoms with van der Waals surface area (Å²) in [6, 6.07) is 7.36. The van der Waals surface area contributed by atoms with Crippen molar-refractivity contribution in [1.29, 1.82) is 0 Å². The summed E-state index contributed by atoms with van der Waals surface area (Å²) in [5, 5.41) is 4.81. The number of aryl methyl sites for hydroxylation is 1. The summed E-state index contributed by atoms with van der Waals surface area (Å²) < 4.78 is 63.2. The molecule has 1 aromatic heterocycles. The van der Waals surface area contributed by atoms with Gasteiger partial charge in [0.2, 0.25) is 27.7 Å². The third kappa shape index (κ3) is 7.59. The van der Waals surface area contributed by atoms with Crippen molar-refractivity contribution in [3.05, 3.63) is 77.5 Å². The standard InChI is InChI=1S/C37H40F2N6O7S/c1-21-34(42-31-27(39)13-9-15-28(31)40-21)52-23-18-30-33(47)43-37(36(49)44-53(50,51)24-16-17-24)19-22(37)10-5-3-2-4-6-14-29(35(48)45(30)20-23)41-32(46)25-11-7-8-12-26(25)38/h5,7-13,15,22-24,29-30H,2-4,6,14,16-20H2,1H3,(H,41,46)(H,43,47)(H,44,49)/b10-5-/t22-,23-,29+,30+,37-/m1/s1. The van der Waals surface area contributed by atoms with Gasteiger partial charge in [0.25, 0.3) is 11.8 Å². The van der Waals surface area contributed by atoms with Crippen LogP contribution in [0.25, 0.3) is 11.0 Å². The number of ether oxygens (including phenoxy) is 1. The van der Waals surface area contributed by atoms with Crippen LogP contribution in [0.5, 0.6) is 5.88 Å². The highest BCUT2D eigenvalue weighted by atomic mass is 32.2. The van der Waals surface area contributed by atoms with Crippen LogP contribution in [0.3, 0.4) is 0 Å². The molecular formula is C37H40F2N6O7S. The molecule has 16 heteroatoms. The Hall–Kier alpha value is -4.99. The maximum atomic E-state index is 14.7. The van der Waals surface area contributed by atoms with E-state index in [0.717, 1.165) is 12.5 Å². The molecule has 2 aliphatic heterocycles. The van der Waals surface area contributed by atoms with Crippen LogP contribution in [0.15, 0.2) is 54.6 Å². The lowest BCUT2D eigenvalue weighted by atomic mass is 10.0. The highest BCUT2D eigenvalue weighted by molar-refractivity contribution is 7.91. The summed E-state index contributed by atoms with van der Waals surface area (Å²) in [7, 11) is -3.93. The normalized spacial score (nSPS) is 27.0. The number of benzene rings is 2. The topological polar surface area (TPSA) is 177 Å². The van der Waals surface area contributed by atoms with Crippen LogP contribution in [0, 0.1) is 24.5 Å². The third-order valence-corrected chi connectivity index (χ3v) is 12.1. The summed E-state index contributed by atoms with van der Waals surface area (Å²) in [4.78, 5) is 65.7. The van der Waals surface area contributed by atoms with Crippen molar-refractivity contribution in [2.75, 3.05) is 6.54 Å². The maximum Gasteiger partial charge on any atom is 0.259 e. The molecule has 5 atom stereocenters. The van der Waals surface area contributed by atoms with E-state index in [4.69, 9.17) is 4.74 Å². The summed E-state index contributed by atoms with van der Waals surface area (Å²) >= 11 is 0. The predicted molar refractivity (Wildman–Crippen MR) is 188 cm³/mol. The second kappa shape index (κ2) is 14.4. The van der Waals surface area contributed by atoms with Gasteiger partial charge >= 0.3 is 0 Å². The Morgan fingerprint density at radius 2 is 1.77 bits per heavy atom. The number of hydrogen-bond donors (Lipinski definition) is 3. The Kier molecular flexibility index (Phi) is 9.91. The number of para-hydroxylation sites is 1. The van der Waals surface area contributed by atoms with E-state index in [0.29, 0.717) is 43.3 Å². The predicted octanol–water partition coefficient (Wildman–Crippen LogP) is 3.37. The molecule has 3 heterocycles. The molecule has 2 aromatic carbocycles. The monoisotopic (exact) mass is 750 g/mol. The van der Waals surface area contributed by atoms with Gasteiger partial charge in [-0.15, -0.1) is 0 Å². The van der Waals surface area contributed by atoms with Crippen LogP contribution < -0.4 is 20.1 Å². The van der Waals surface area contributed by atoms with Gasteiger partial charge in [-0.05, 0) is 69.7 Å². The molecule has 4 amide bonds. The molecule has 3 aromatic rings. The van der Waals surface area contributed by atoms with E-state index in [1.807, 2.05) is 12.2 Å². The fourth-order valence-electron chi connectivity index (χ4n) is 7.11. The molecule has 0 radical (unpaired) electrons. The van der Waals surface area contributed by atoms with Gasteiger partial charge in [0.1, 0.15) is 40.8 Å². The fourth-order valence-corrected chi connectivity index (χ4v) is 8.48. The third-order valence-electron chi connectivity index (χ3n) is 10.3. The van der Waals surface area contributed by atoms with Gasteiger partial charge in [-0.1, -0.05) is 43.2 Å². The Morgan fingerprint density at radius 1 is 1.00 bits per heavy atom. The fraction of sp³-hybridized carbons (Fsp3) is 0.459. The molecule has 1 saturated heterocycles. The van der Waals surface area contributed by atoms with Gasteiger partial charge in [0.05, 0.1) is 22.9 Å². The van der Waals surface area contributed by atoms with E-state index in [9.17, 15) is 36.4 Å². The van der Waals surface area contributed by atoms with Crippen molar-refractivity contribution < 1.29 is 41.1 Å². The second-order valence-electron chi connectivity index (χ2n) is 14.2. The molecule has 3 N–H and O–H groups in total. The summed E-state index contributed by atoms with van der Waals surface area (Å²) in [5.74, 6) is -4.84. The van der Waals surface area contributed by atoms with Crippen molar-refractivity contribution in [1.82, 2.24) is 30.2 Å². The molecule has 2 aliphatic carbocycles. The minimum absolute atomic E-state index is 0.00105. The first-order valence-corrected chi connectivity index (χ1v) is 19.4. The molecule has 0 unspecified atom stereocenters. The van der Waals surface area contributed by atoms with E-state index < -0.39 is 80.2 Å². The smallest absolute Gasteiger partial charge is 0.259 e. The van der Waals surface area contributed by atoms with Gasteiger partial charge in [-0.25, -0.2) is 27.2 Å². The molecule has 4 aliphatic rings. The van der Waals surface area contributed by atoms with E-state index in [1.165, 1.54) is 35.2 Å². The van der Waals surface area contributed by atoms with Crippen molar-refractivity contribution in [3.8, 4) is 5.88 Å². The zero-order valence-electron chi connectivity index (χ0n) is 29.0. The molecule has 3 fully saturated rings. The Balaban J connectivity index is 1.20. The number of halogens is 2. The average molecular weight is 751 g/mol. The van der Waals surface area contributed by atoms with Gasteiger partial charge in [0.15, 0.2) is 5.82 Å². The summed E-state index contributed by atoms with van der Waals surface area (Å²) in [5.41, 5.74) is -1.17. The van der Waals surface area contributed by atoms with E-state index in [2.05, 4.69) is 25.3 Å². The Labute approximate surface area is 305 Å². The van der Waals surface area contributed by atoms with Gasteiger partial charge in [-0.3, -0.25) is 23.9 Å². The van der Waals surface area contributed by atoms with E-state index >= 15 is 0 Å².